The predicted molar refractivity (Wildman–Crippen MR) is 107 cm³/mol. The Morgan fingerprint density at radius 2 is 1.66 bits per heavy atom. The van der Waals surface area contributed by atoms with Gasteiger partial charge in [0, 0.05) is 12.1 Å². The first kappa shape index (κ1) is 23.2. The van der Waals surface area contributed by atoms with Crippen LogP contribution in [0, 0.1) is 0 Å². The lowest BCUT2D eigenvalue weighted by Crippen LogP contribution is -2.60. The van der Waals surface area contributed by atoms with Crippen molar-refractivity contribution in [1.29, 1.82) is 0 Å². The van der Waals surface area contributed by atoms with Crippen LogP contribution in [-0.4, -0.2) is 79.0 Å². The molecule has 0 radical (unpaired) electrons. The van der Waals surface area contributed by atoms with E-state index in [9.17, 15) is 40.5 Å². The van der Waals surface area contributed by atoms with E-state index < -0.39 is 49.0 Å². The molecule has 11 nitrogen and oxygen atoms in total. The highest BCUT2D eigenvalue weighted by Crippen LogP contribution is 2.33. The second kappa shape index (κ2) is 9.75. The first-order valence-electron chi connectivity index (χ1n) is 9.41. The van der Waals surface area contributed by atoms with Crippen LogP contribution < -0.4 is 4.74 Å². The summed E-state index contributed by atoms with van der Waals surface area (Å²) in [7, 11) is 0. The fourth-order valence-electron chi connectivity index (χ4n) is 2.90. The molecule has 0 aromatic heterocycles. The zero-order chi connectivity index (χ0) is 23.4. The Kier molecular flexibility index (Phi) is 7.05. The topological polar surface area (TPSA) is 186 Å². The van der Waals surface area contributed by atoms with Crippen molar-refractivity contribution in [2.45, 2.75) is 30.7 Å². The van der Waals surface area contributed by atoms with E-state index in [2.05, 4.69) is 0 Å². The second-order valence-electron chi connectivity index (χ2n) is 7.00. The number of benzene rings is 2. The molecule has 2 aromatic rings. The van der Waals surface area contributed by atoms with Gasteiger partial charge in [-0.25, -0.2) is 4.79 Å². The van der Waals surface area contributed by atoms with Crippen LogP contribution in [0.2, 0.25) is 0 Å². The van der Waals surface area contributed by atoms with Crippen molar-refractivity contribution in [1.82, 2.24) is 0 Å². The first-order chi connectivity index (χ1) is 15.2. The summed E-state index contributed by atoms with van der Waals surface area (Å²) in [6, 6.07) is 7.34. The van der Waals surface area contributed by atoms with Gasteiger partial charge in [-0.2, -0.15) is 0 Å². The fraction of sp³-hybridized carbons (Fsp3) is 0.286. The van der Waals surface area contributed by atoms with E-state index in [0.717, 1.165) is 12.1 Å². The Balaban J connectivity index is 1.61. The minimum Gasteiger partial charge on any atom is -0.508 e. The third-order valence-corrected chi connectivity index (χ3v) is 4.66. The summed E-state index contributed by atoms with van der Waals surface area (Å²) in [5.41, 5.74) is 0.409. The SMILES string of the molecule is O=C(/C=C\c1ccc(O)c(O)c1)OCC1O[C@@H](Oc2ccc(O)cc2O)[C@@H](O)[C@@H](O)[C@H]1O. The standard InChI is InChI=1S/C21H22O11/c22-11-3-5-15(14(25)8-11)31-21-20(29)19(28)18(27)16(32-21)9-30-17(26)6-2-10-1-4-12(23)13(24)7-10/h1-8,16,18-25,27-29H,9H2/b6-2-/t16?,18-,19-,20-,21+/m0/s1. The Bertz CT molecular complexity index is 990. The lowest BCUT2D eigenvalue weighted by molar-refractivity contribution is -0.278. The zero-order valence-corrected chi connectivity index (χ0v) is 16.5. The lowest BCUT2D eigenvalue weighted by atomic mass is 9.99. The summed E-state index contributed by atoms with van der Waals surface area (Å²) in [4.78, 5) is 12.0. The molecule has 1 heterocycles. The van der Waals surface area contributed by atoms with Gasteiger partial charge in [-0.05, 0) is 35.9 Å². The van der Waals surface area contributed by atoms with Gasteiger partial charge in [-0.15, -0.1) is 0 Å². The molecule has 2 aromatic carbocycles. The number of hydrogen-bond acceptors (Lipinski definition) is 11. The summed E-state index contributed by atoms with van der Waals surface area (Å²) in [5.74, 6) is -2.34. The van der Waals surface area contributed by atoms with Gasteiger partial charge in [0.2, 0.25) is 6.29 Å². The number of phenols is 4. The van der Waals surface area contributed by atoms with Gasteiger partial charge in [0.05, 0.1) is 0 Å². The highest BCUT2D eigenvalue weighted by Gasteiger charge is 2.45. The van der Waals surface area contributed by atoms with E-state index >= 15 is 0 Å². The number of phenolic OH excluding ortho intramolecular Hbond substituents is 4. The maximum absolute atomic E-state index is 12.0. The maximum Gasteiger partial charge on any atom is 0.330 e. The number of carbonyl (C=O) groups excluding carboxylic acids is 1. The van der Waals surface area contributed by atoms with Crippen LogP contribution in [0.3, 0.4) is 0 Å². The molecule has 0 bridgehead atoms. The molecule has 1 unspecified atom stereocenters. The lowest BCUT2D eigenvalue weighted by Gasteiger charge is -2.39. The van der Waals surface area contributed by atoms with Crippen LogP contribution in [0.1, 0.15) is 5.56 Å². The van der Waals surface area contributed by atoms with Gasteiger partial charge in [-0.1, -0.05) is 6.07 Å². The molecule has 0 aliphatic carbocycles. The van der Waals surface area contributed by atoms with Crippen LogP contribution in [0.4, 0.5) is 0 Å². The summed E-state index contributed by atoms with van der Waals surface area (Å²) >= 11 is 0. The van der Waals surface area contributed by atoms with Crippen LogP contribution >= 0.6 is 0 Å². The molecule has 11 heteroatoms. The molecule has 0 saturated carbocycles. The van der Waals surface area contributed by atoms with Crippen LogP contribution in [-0.2, 0) is 14.3 Å². The number of aromatic hydroxyl groups is 4. The van der Waals surface area contributed by atoms with E-state index in [0.29, 0.717) is 5.56 Å². The Labute approximate surface area is 181 Å². The summed E-state index contributed by atoms with van der Waals surface area (Å²) in [6.45, 7) is -0.504. The van der Waals surface area contributed by atoms with Crippen molar-refractivity contribution in [2.75, 3.05) is 6.61 Å². The Morgan fingerprint density at radius 1 is 0.906 bits per heavy atom. The minimum absolute atomic E-state index is 0.161. The number of aliphatic hydroxyl groups excluding tert-OH is 3. The van der Waals surface area contributed by atoms with E-state index in [4.69, 9.17) is 14.2 Å². The number of hydrogen-bond donors (Lipinski definition) is 7. The van der Waals surface area contributed by atoms with Crippen LogP contribution in [0.25, 0.3) is 6.08 Å². The monoisotopic (exact) mass is 450 g/mol. The second-order valence-corrected chi connectivity index (χ2v) is 7.00. The van der Waals surface area contributed by atoms with Crippen molar-refractivity contribution in [3.8, 4) is 28.7 Å². The number of rotatable bonds is 6. The molecule has 0 amide bonds. The number of ether oxygens (including phenoxy) is 3. The van der Waals surface area contributed by atoms with E-state index in [1.54, 1.807) is 0 Å². The van der Waals surface area contributed by atoms with Crippen LogP contribution in [0.5, 0.6) is 28.7 Å². The molecule has 1 saturated heterocycles. The largest absolute Gasteiger partial charge is 0.508 e. The van der Waals surface area contributed by atoms with Crippen molar-refractivity contribution < 1.29 is 54.8 Å². The molecule has 1 aliphatic heterocycles. The minimum atomic E-state index is -1.70. The van der Waals surface area contributed by atoms with Crippen molar-refractivity contribution in [3.05, 3.63) is 48.0 Å². The summed E-state index contributed by atoms with van der Waals surface area (Å²) < 4.78 is 15.7. The summed E-state index contributed by atoms with van der Waals surface area (Å²) in [5, 5.41) is 68.2. The molecule has 1 aliphatic rings. The third-order valence-electron chi connectivity index (χ3n) is 4.66. The van der Waals surface area contributed by atoms with Gasteiger partial charge in [0.25, 0.3) is 0 Å². The first-order valence-corrected chi connectivity index (χ1v) is 9.41. The molecule has 1 fully saturated rings. The smallest absolute Gasteiger partial charge is 0.330 e. The molecule has 3 rings (SSSR count). The number of esters is 1. The molecular formula is C21H22O11. The van der Waals surface area contributed by atoms with E-state index in [1.807, 2.05) is 0 Å². The zero-order valence-electron chi connectivity index (χ0n) is 16.5. The number of carbonyl (C=O) groups is 1. The highest BCUT2D eigenvalue weighted by atomic mass is 16.7. The normalized spacial score (nSPS) is 25.5. The molecule has 172 valence electrons. The molecule has 5 atom stereocenters. The molecular weight excluding hydrogens is 428 g/mol. The molecule has 0 spiro atoms. The molecule has 32 heavy (non-hydrogen) atoms. The van der Waals surface area contributed by atoms with E-state index in [1.165, 1.54) is 36.4 Å². The number of aliphatic hydroxyl groups is 3. The van der Waals surface area contributed by atoms with Crippen molar-refractivity contribution in [2.24, 2.45) is 0 Å². The van der Waals surface area contributed by atoms with E-state index in [-0.39, 0.29) is 23.0 Å². The van der Waals surface area contributed by atoms with Crippen LogP contribution in [0.15, 0.2) is 42.5 Å². The Morgan fingerprint density at radius 3 is 2.34 bits per heavy atom. The van der Waals surface area contributed by atoms with Gasteiger partial charge < -0.3 is 50.0 Å². The highest BCUT2D eigenvalue weighted by molar-refractivity contribution is 5.87. The van der Waals surface area contributed by atoms with Gasteiger partial charge >= 0.3 is 5.97 Å². The average molecular weight is 450 g/mol. The predicted octanol–water partition coefficient (Wildman–Crippen LogP) is -0.0480. The Hall–Kier alpha value is -3.51. The van der Waals surface area contributed by atoms with Gasteiger partial charge in [-0.3, -0.25) is 0 Å². The average Bonchev–Trinajstić information content (AvgIpc) is 2.75. The van der Waals surface area contributed by atoms with Gasteiger partial charge in [0.15, 0.2) is 23.0 Å². The maximum atomic E-state index is 12.0. The van der Waals surface area contributed by atoms with Crippen molar-refractivity contribution in [3.63, 3.8) is 0 Å². The summed E-state index contributed by atoms with van der Waals surface area (Å²) in [6.07, 6.45) is -5.44. The molecule has 7 N–H and O–H groups in total. The van der Waals surface area contributed by atoms with Gasteiger partial charge in [0.1, 0.15) is 36.8 Å². The third kappa shape index (κ3) is 5.39. The fourth-order valence-corrected chi connectivity index (χ4v) is 2.90. The quantitative estimate of drug-likeness (QED) is 0.178. The van der Waals surface area contributed by atoms with Crippen molar-refractivity contribution >= 4 is 12.0 Å².